The number of amides is 2. The van der Waals surface area contributed by atoms with E-state index in [2.05, 4.69) is 10.3 Å². The molecule has 24 heavy (non-hydrogen) atoms. The Morgan fingerprint density at radius 3 is 2.71 bits per heavy atom. The van der Waals surface area contributed by atoms with Crippen LogP contribution in [0.15, 0.2) is 35.8 Å². The highest BCUT2D eigenvalue weighted by Crippen LogP contribution is 2.21. The molecule has 0 radical (unpaired) electrons. The van der Waals surface area contributed by atoms with E-state index in [1.807, 2.05) is 22.4 Å². The molecule has 3 rings (SSSR count). The molecular weight excluding hydrogens is 346 g/mol. The first-order valence-electron chi connectivity index (χ1n) is 7.84. The van der Waals surface area contributed by atoms with E-state index in [-0.39, 0.29) is 17.7 Å². The number of rotatable bonds is 4. The number of thiophene rings is 1. The minimum absolute atomic E-state index is 0.0461. The van der Waals surface area contributed by atoms with E-state index >= 15 is 0 Å². The lowest BCUT2D eigenvalue weighted by molar-refractivity contribution is -0.133. The molecule has 5 nitrogen and oxygen atoms in total. The maximum absolute atomic E-state index is 12.3. The third-order valence-corrected chi connectivity index (χ3v) is 5.20. The van der Waals surface area contributed by atoms with Crippen LogP contribution in [0.25, 0.3) is 0 Å². The molecule has 2 aromatic rings. The van der Waals surface area contributed by atoms with Gasteiger partial charge in [0.1, 0.15) is 5.82 Å². The van der Waals surface area contributed by atoms with Crippen LogP contribution < -0.4 is 5.32 Å². The van der Waals surface area contributed by atoms with Crippen LogP contribution in [0.5, 0.6) is 0 Å². The van der Waals surface area contributed by atoms with Crippen LogP contribution in [0, 0.1) is 5.92 Å². The van der Waals surface area contributed by atoms with Crippen molar-refractivity contribution in [1.29, 1.82) is 0 Å². The number of anilines is 1. The second-order valence-corrected chi connectivity index (χ2v) is 7.23. The van der Waals surface area contributed by atoms with Gasteiger partial charge in [-0.3, -0.25) is 9.59 Å². The van der Waals surface area contributed by atoms with Gasteiger partial charge in [-0.25, -0.2) is 4.98 Å². The summed E-state index contributed by atoms with van der Waals surface area (Å²) in [5, 5.41) is 5.32. The molecule has 3 heterocycles. The van der Waals surface area contributed by atoms with Gasteiger partial charge in [-0.2, -0.15) is 0 Å². The first-order valence-corrected chi connectivity index (χ1v) is 9.10. The van der Waals surface area contributed by atoms with Gasteiger partial charge in [-0.1, -0.05) is 17.7 Å². The summed E-state index contributed by atoms with van der Waals surface area (Å²) in [7, 11) is 0. The number of piperidine rings is 1. The molecule has 1 saturated heterocycles. The fourth-order valence-corrected chi connectivity index (χ4v) is 3.55. The number of nitrogens with zero attached hydrogens (tertiary/aromatic N) is 2. The molecule has 1 N–H and O–H groups in total. The first kappa shape index (κ1) is 16.9. The molecular formula is C17H18ClN3O2S. The summed E-state index contributed by atoms with van der Waals surface area (Å²) in [6.45, 7) is 1.24. The lowest BCUT2D eigenvalue weighted by atomic mass is 9.95. The number of pyridine rings is 1. The van der Waals surface area contributed by atoms with Gasteiger partial charge in [0, 0.05) is 30.1 Å². The van der Waals surface area contributed by atoms with Crippen LogP contribution in [0.2, 0.25) is 5.02 Å². The van der Waals surface area contributed by atoms with E-state index in [9.17, 15) is 9.59 Å². The van der Waals surface area contributed by atoms with Gasteiger partial charge in [0.2, 0.25) is 11.8 Å². The monoisotopic (exact) mass is 363 g/mol. The van der Waals surface area contributed by atoms with E-state index in [1.165, 1.54) is 6.20 Å². The van der Waals surface area contributed by atoms with Crippen molar-refractivity contribution in [2.75, 3.05) is 18.4 Å². The highest BCUT2D eigenvalue weighted by Gasteiger charge is 2.27. The molecule has 0 aromatic carbocycles. The molecule has 0 aliphatic carbocycles. The molecule has 1 fully saturated rings. The van der Waals surface area contributed by atoms with Crippen LogP contribution in [0.1, 0.15) is 17.7 Å². The van der Waals surface area contributed by atoms with E-state index in [0.717, 1.165) is 4.88 Å². The zero-order valence-corrected chi connectivity index (χ0v) is 14.6. The fourth-order valence-electron chi connectivity index (χ4n) is 2.74. The van der Waals surface area contributed by atoms with Gasteiger partial charge >= 0.3 is 0 Å². The highest BCUT2D eigenvalue weighted by molar-refractivity contribution is 7.10. The Bertz CT molecular complexity index is 695. The normalized spacial score (nSPS) is 15.3. The zero-order valence-electron chi connectivity index (χ0n) is 13.1. The minimum atomic E-state index is -0.0896. The van der Waals surface area contributed by atoms with Gasteiger partial charge in [0.05, 0.1) is 11.4 Å². The van der Waals surface area contributed by atoms with Crippen LogP contribution in [-0.4, -0.2) is 34.8 Å². The molecule has 7 heteroatoms. The fraction of sp³-hybridized carbons (Fsp3) is 0.353. The zero-order chi connectivity index (χ0) is 16.9. The summed E-state index contributed by atoms with van der Waals surface area (Å²) >= 11 is 7.38. The minimum Gasteiger partial charge on any atom is -0.342 e. The Labute approximate surface area is 149 Å². The number of hydrogen-bond donors (Lipinski definition) is 1. The van der Waals surface area contributed by atoms with Crippen LogP contribution in [0.4, 0.5) is 5.82 Å². The number of carbonyl (C=O) groups is 2. The van der Waals surface area contributed by atoms with Gasteiger partial charge in [-0.15, -0.1) is 11.3 Å². The van der Waals surface area contributed by atoms with E-state index in [1.54, 1.807) is 23.5 Å². The van der Waals surface area contributed by atoms with E-state index < -0.39 is 0 Å². The van der Waals surface area contributed by atoms with Crippen molar-refractivity contribution in [3.05, 3.63) is 45.7 Å². The van der Waals surface area contributed by atoms with Crippen molar-refractivity contribution in [1.82, 2.24) is 9.88 Å². The molecule has 0 spiro atoms. The Morgan fingerprint density at radius 1 is 1.29 bits per heavy atom. The second kappa shape index (κ2) is 7.77. The van der Waals surface area contributed by atoms with Gasteiger partial charge in [-0.05, 0) is 36.4 Å². The first-order chi connectivity index (χ1) is 11.6. The third-order valence-electron chi connectivity index (χ3n) is 4.10. The smallest absolute Gasteiger partial charge is 0.228 e. The van der Waals surface area contributed by atoms with Crippen LogP contribution in [-0.2, 0) is 16.0 Å². The van der Waals surface area contributed by atoms with Gasteiger partial charge in [0.25, 0.3) is 0 Å². The molecule has 2 aromatic heterocycles. The van der Waals surface area contributed by atoms with Crippen molar-refractivity contribution in [3.63, 3.8) is 0 Å². The Morgan fingerprint density at radius 2 is 2.08 bits per heavy atom. The standard InChI is InChI=1S/C17H18ClN3O2S/c18-13-3-4-15(19-11-13)20-17(23)12-5-7-21(8-6-12)16(22)10-14-2-1-9-24-14/h1-4,9,11-12H,5-8,10H2,(H,19,20,23). The molecule has 1 aliphatic heterocycles. The summed E-state index contributed by atoms with van der Waals surface area (Å²) in [5.41, 5.74) is 0. The summed E-state index contributed by atoms with van der Waals surface area (Å²) < 4.78 is 0. The summed E-state index contributed by atoms with van der Waals surface area (Å²) in [6.07, 6.45) is 3.30. The average Bonchev–Trinajstić information content (AvgIpc) is 3.10. The van der Waals surface area contributed by atoms with Crippen LogP contribution >= 0.6 is 22.9 Å². The number of nitrogens with one attached hydrogen (secondary N) is 1. The van der Waals surface area contributed by atoms with Gasteiger partial charge < -0.3 is 10.2 Å². The lowest BCUT2D eigenvalue weighted by Gasteiger charge is -2.31. The quantitative estimate of drug-likeness (QED) is 0.907. The number of hydrogen-bond acceptors (Lipinski definition) is 4. The SMILES string of the molecule is O=C(Nc1ccc(Cl)cn1)C1CCN(C(=O)Cc2cccs2)CC1. The van der Waals surface area contributed by atoms with Crippen molar-refractivity contribution >= 4 is 40.6 Å². The maximum atomic E-state index is 12.3. The Hall–Kier alpha value is -1.92. The summed E-state index contributed by atoms with van der Waals surface area (Å²) in [4.78, 5) is 31.6. The number of likely N-dealkylation sites (tertiary alicyclic amines) is 1. The number of halogens is 1. The number of aromatic nitrogens is 1. The predicted octanol–water partition coefficient (Wildman–Crippen LogP) is 3.22. The third kappa shape index (κ3) is 4.33. The van der Waals surface area contributed by atoms with E-state index in [4.69, 9.17) is 11.6 Å². The van der Waals surface area contributed by atoms with Crippen molar-refractivity contribution in [3.8, 4) is 0 Å². The maximum Gasteiger partial charge on any atom is 0.228 e. The molecule has 0 atom stereocenters. The Balaban J connectivity index is 1.48. The van der Waals surface area contributed by atoms with Gasteiger partial charge in [0.15, 0.2) is 0 Å². The molecule has 2 amide bonds. The van der Waals surface area contributed by atoms with Crippen molar-refractivity contribution in [2.24, 2.45) is 5.92 Å². The highest BCUT2D eigenvalue weighted by atomic mass is 35.5. The van der Waals surface area contributed by atoms with Crippen molar-refractivity contribution < 1.29 is 9.59 Å². The molecule has 0 saturated carbocycles. The largest absolute Gasteiger partial charge is 0.342 e. The van der Waals surface area contributed by atoms with Crippen LogP contribution in [0.3, 0.4) is 0 Å². The topological polar surface area (TPSA) is 62.3 Å². The summed E-state index contributed by atoms with van der Waals surface area (Å²) in [5.74, 6) is 0.500. The van der Waals surface area contributed by atoms with E-state index in [0.29, 0.717) is 43.2 Å². The molecule has 0 unspecified atom stereocenters. The average molecular weight is 364 g/mol. The second-order valence-electron chi connectivity index (χ2n) is 5.76. The summed E-state index contributed by atoms with van der Waals surface area (Å²) in [6, 6.07) is 7.30. The molecule has 0 bridgehead atoms. The molecule has 1 aliphatic rings. The molecule has 126 valence electrons. The number of carbonyl (C=O) groups excluding carboxylic acids is 2. The van der Waals surface area contributed by atoms with Crippen molar-refractivity contribution in [2.45, 2.75) is 19.3 Å². The lowest BCUT2D eigenvalue weighted by Crippen LogP contribution is -2.42. The Kier molecular flexibility index (Phi) is 5.48. The predicted molar refractivity (Wildman–Crippen MR) is 95.2 cm³/mol.